The van der Waals surface area contributed by atoms with E-state index in [0.717, 1.165) is 12.1 Å². The average Bonchev–Trinajstić information content (AvgIpc) is 2.44. The number of hydrogen-bond donors (Lipinski definition) is 1. The van der Waals surface area contributed by atoms with Gasteiger partial charge in [-0.2, -0.15) is 39.5 Å². The SMILES string of the molecule is OCCCc1ccc(C(F)(F)C(F)(F)C(F)(F)C(F)(F)F)cc1. The molecule has 132 valence electrons. The summed E-state index contributed by atoms with van der Waals surface area (Å²) in [6.45, 7) is -0.228. The molecule has 0 amide bonds. The summed E-state index contributed by atoms with van der Waals surface area (Å²) in [7, 11) is 0. The van der Waals surface area contributed by atoms with Crippen LogP contribution in [0.1, 0.15) is 17.5 Å². The van der Waals surface area contributed by atoms with Gasteiger partial charge in [-0.3, -0.25) is 0 Å². The van der Waals surface area contributed by atoms with Crippen LogP contribution in [0.4, 0.5) is 39.5 Å². The third-order valence-electron chi connectivity index (χ3n) is 3.08. The predicted molar refractivity (Wildman–Crippen MR) is 61.7 cm³/mol. The van der Waals surface area contributed by atoms with Gasteiger partial charge in [-0.15, -0.1) is 0 Å². The zero-order chi connectivity index (χ0) is 18.1. The Kier molecular flexibility index (Phi) is 5.30. The Bertz CT molecular complexity index is 519. The molecule has 1 N–H and O–H groups in total. The van der Waals surface area contributed by atoms with Crippen LogP contribution in [0.15, 0.2) is 24.3 Å². The highest BCUT2D eigenvalue weighted by Crippen LogP contribution is 2.56. The zero-order valence-electron chi connectivity index (χ0n) is 11.3. The Morgan fingerprint density at radius 2 is 1.22 bits per heavy atom. The molecule has 23 heavy (non-hydrogen) atoms. The Morgan fingerprint density at radius 1 is 0.739 bits per heavy atom. The van der Waals surface area contributed by atoms with E-state index in [4.69, 9.17) is 5.11 Å². The Labute approximate surface area is 124 Å². The number of aryl methyl sites for hydroxylation is 1. The van der Waals surface area contributed by atoms with Crippen LogP contribution in [0.2, 0.25) is 0 Å². The molecule has 0 unspecified atom stereocenters. The molecule has 0 heterocycles. The van der Waals surface area contributed by atoms with Gasteiger partial charge >= 0.3 is 23.9 Å². The molecular formula is C13H11F9O. The van der Waals surface area contributed by atoms with Gasteiger partial charge in [-0.1, -0.05) is 24.3 Å². The topological polar surface area (TPSA) is 20.2 Å². The van der Waals surface area contributed by atoms with E-state index < -0.39 is 29.5 Å². The molecule has 0 atom stereocenters. The Balaban J connectivity index is 3.19. The van der Waals surface area contributed by atoms with Gasteiger partial charge < -0.3 is 5.11 Å². The van der Waals surface area contributed by atoms with Gasteiger partial charge in [0.1, 0.15) is 0 Å². The summed E-state index contributed by atoms with van der Waals surface area (Å²) in [4.78, 5) is 0. The van der Waals surface area contributed by atoms with E-state index in [9.17, 15) is 39.5 Å². The molecular weight excluding hydrogens is 343 g/mol. The first-order valence-corrected chi connectivity index (χ1v) is 6.19. The van der Waals surface area contributed by atoms with Crippen LogP contribution in [0, 0.1) is 0 Å². The van der Waals surface area contributed by atoms with Gasteiger partial charge in [-0.25, -0.2) is 0 Å². The maximum absolute atomic E-state index is 13.6. The molecule has 0 spiro atoms. The van der Waals surface area contributed by atoms with E-state index in [2.05, 4.69) is 0 Å². The molecule has 1 aromatic rings. The summed E-state index contributed by atoms with van der Waals surface area (Å²) in [5.74, 6) is -19.3. The molecule has 1 nitrogen and oxygen atoms in total. The zero-order valence-corrected chi connectivity index (χ0v) is 11.3. The van der Waals surface area contributed by atoms with Gasteiger partial charge in [0.25, 0.3) is 0 Å². The van der Waals surface area contributed by atoms with Crippen molar-refractivity contribution in [3.8, 4) is 0 Å². The summed E-state index contributed by atoms with van der Waals surface area (Å²) in [6, 6.07) is 2.49. The maximum Gasteiger partial charge on any atom is 0.460 e. The van der Waals surface area contributed by atoms with Crippen molar-refractivity contribution < 1.29 is 44.6 Å². The number of aliphatic hydroxyl groups is 1. The van der Waals surface area contributed by atoms with Gasteiger partial charge in [-0.05, 0) is 18.4 Å². The number of hydrogen-bond acceptors (Lipinski definition) is 1. The third kappa shape index (κ3) is 3.41. The van der Waals surface area contributed by atoms with E-state index in [1.54, 1.807) is 0 Å². The van der Waals surface area contributed by atoms with Crippen molar-refractivity contribution in [1.82, 2.24) is 0 Å². The van der Waals surface area contributed by atoms with Gasteiger partial charge in [0.2, 0.25) is 0 Å². The Hall–Kier alpha value is -1.45. The minimum atomic E-state index is -6.90. The average molecular weight is 354 g/mol. The van der Waals surface area contributed by atoms with Crippen LogP contribution in [0.25, 0.3) is 0 Å². The van der Waals surface area contributed by atoms with Gasteiger partial charge in [0.15, 0.2) is 0 Å². The van der Waals surface area contributed by atoms with Gasteiger partial charge in [0, 0.05) is 12.2 Å². The lowest BCUT2D eigenvalue weighted by Gasteiger charge is -2.33. The van der Waals surface area contributed by atoms with Crippen LogP contribution in [0.3, 0.4) is 0 Å². The van der Waals surface area contributed by atoms with E-state index in [1.165, 1.54) is 0 Å². The van der Waals surface area contributed by atoms with Crippen LogP contribution in [0.5, 0.6) is 0 Å². The van der Waals surface area contributed by atoms with E-state index in [-0.39, 0.29) is 19.4 Å². The molecule has 0 radical (unpaired) electrons. The molecule has 10 heteroatoms. The fourth-order valence-corrected chi connectivity index (χ4v) is 1.72. The molecule has 0 aromatic heterocycles. The summed E-state index contributed by atoms with van der Waals surface area (Å²) in [5, 5.41) is 8.57. The molecule has 0 saturated carbocycles. The lowest BCUT2D eigenvalue weighted by Crippen LogP contribution is -2.59. The van der Waals surface area contributed by atoms with Crippen molar-refractivity contribution in [2.45, 2.75) is 36.8 Å². The minimum Gasteiger partial charge on any atom is -0.396 e. The molecule has 0 bridgehead atoms. The molecule has 1 aromatic carbocycles. The second kappa shape index (κ2) is 6.21. The highest BCUT2D eigenvalue weighted by atomic mass is 19.4. The number of aliphatic hydroxyl groups excluding tert-OH is 1. The van der Waals surface area contributed by atoms with Crippen molar-refractivity contribution in [1.29, 1.82) is 0 Å². The van der Waals surface area contributed by atoms with Crippen molar-refractivity contribution in [2.75, 3.05) is 6.61 Å². The first kappa shape index (κ1) is 19.6. The van der Waals surface area contributed by atoms with E-state index in [1.807, 2.05) is 0 Å². The first-order valence-electron chi connectivity index (χ1n) is 6.19. The summed E-state index contributed by atoms with van der Waals surface area (Å²) >= 11 is 0. The van der Waals surface area contributed by atoms with Crippen LogP contribution in [-0.2, 0) is 12.3 Å². The first-order chi connectivity index (χ1) is 10.3. The fourth-order valence-electron chi connectivity index (χ4n) is 1.72. The van der Waals surface area contributed by atoms with Crippen molar-refractivity contribution >= 4 is 0 Å². The number of halogens is 9. The van der Waals surface area contributed by atoms with Crippen molar-refractivity contribution in [2.24, 2.45) is 0 Å². The summed E-state index contributed by atoms with van der Waals surface area (Å²) in [5.41, 5.74) is -1.34. The van der Waals surface area contributed by atoms with Crippen LogP contribution < -0.4 is 0 Å². The van der Waals surface area contributed by atoms with E-state index in [0.29, 0.717) is 17.7 Å². The lowest BCUT2D eigenvalue weighted by molar-refractivity contribution is -0.399. The summed E-state index contributed by atoms with van der Waals surface area (Å²) in [6.07, 6.45) is -6.41. The maximum atomic E-state index is 13.6. The van der Waals surface area contributed by atoms with Crippen molar-refractivity contribution in [3.63, 3.8) is 0 Å². The molecule has 0 aliphatic rings. The monoisotopic (exact) mass is 354 g/mol. The largest absolute Gasteiger partial charge is 0.460 e. The normalized spacial score (nSPS) is 14.2. The quantitative estimate of drug-likeness (QED) is 0.744. The molecule has 0 fully saturated rings. The highest BCUT2D eigenvalue weighted by molar-refractivity contribution is 5.28. The third-order valence-corrected chi connectivity index (χ3v) is 3.08. The number of rotatable bonds is 6. The highest BCUT2D eigenvalue weighted by Gasteiger charge is 2.81. The standard InChI is InChI=1S/C13H11F9O/c14-10(15,11(16,17)12(18,19)13(20,21)22)9-5-3-8(4-6-9)2-1-7-23/h3-6,23H,1-2,7H2. The van der Waals surface area contributed by atoms with E-state index >= 15 is 0 Å². The molecule has 0 aliphatic heterocycles. The Morgan fingerprint density at radius 3 is 1.61 bits per heavy atom. The van der Waals surface area contributed by atoms with Crippen LogP contribution >= 0.6 is 0 Å². The molecule has 0 saturated heterocycles. The van der Waals surface area contributed by atoms with Crippen molar-refractivity contribution in [3.05, 3.63) is 35.4 Å². The second-order valence-corrected chi connectivity index (χ2v) is 4.75. The summed E-state index contributed by atoms with van der Waals surface area (Å²) < 4.78 is 115. The molecule has 1 rings (SSSR count). The second-order valence-electron chi connectivity index (χ2n) is 4.75. The number of benzene rings is 1. The fraction of sp³-hybridized carbons (Fsp3) is 0.538. The smallest absolute Gasteiger partial charge is 0.396 e. The predicted octanol–water partition coefficient (Wildman–Crippen LogP) is 4.54. The number of alkyl halides is 9. The van der Waals surface area contributed by atoms with Crippen LogP contribution in [-0.4, -0.2) is 29.7 Å². The molecule has 0 aliphatic carbocycles. The minimum absolute atomic E-state index is 0.192. The van der Waals surface area contributed by atoms with Gasteiger partial charge in [0.05, 0.1) is 0 Å². The lowest BCUT2D eigenvalue weighted by atomic mass is 9.95.